The number of nitrogens with zero attached hydrogens (tertiary/aromatic N) is 2. The fourth-order valence-electron chi connectivity index (χ4n) is 4.18. The molecule has 1 amide bonds. The molecule has 2 aromatic carbocycles. The summed E-state index contributed by atoms with van der Waals surface area (Å²) in [6, 6.07) is 5.94. The summed E-state index contributed by atoms with van der Waals surface area (Å²) in [4.78, 5) is 12.2. The van der Waals surface area contributed by atoms with Crippen molar-refractivity contribution in [3.05, 3.63) is 29.8 Å². The van der Waals surface area contributed by atoms with Crippen LogP contribution in [0.2, 0.25) is 0 Å². The highest BCUT2D eigenvalue weighted by molar-refractivity contribution is 7.90. The van der Waals surface area contributed by atoms with Crippen molar-refractivity contribution in [2.24, 2.45) is 0 Å². The summed E-state index contributed by atoms with van der Waals surface area (Å²) < 4.78 is 67.1. The Hall–Kier alpha value is -2.09. The summed E-state index contributed by atoms with van der Waals surface area (Å²) in [6.45, 7) is 1.68. The Balaban J connectivity index is 1.77. The Labute approximate surface area is 179 Å². The fourth-order valence-corrected chi connectivity index (χ4v) is 7.47. The van der Waals surface area contributed by atoms with Gasteiger partial charge in [-0.25, -0.2) is 16.8 Å². The molecule has 1 N–H and O–H groups in total. The second-order valence-corrected chi connectivity index (χ2v) is 11.3. The summed E-state index contributed by atoms with van der Waals surface area (Å²) in [5.41, 5.74) is 0.382. The molecular weight excluding hydrogens is 446 g/mol. The number of nitrogens with one attached hydrogen (secondary N) is 1. The van der Waals surface area contributed by atoms with Crippen LogP contribution < -0.4 is 5.32 Å². The van der Waals surface area contributed by atoms with Gasteiger partial charge in [0.05, 0.1) is 37.0 Å². The number of benzene rings is 2. The van der Waals surface area contributed by atoms with E-state index in [4.69, 9.17) is 9.47 Å². The van der Waals surface area contributed by atoms with Gasteiger partial charge in [-0.1, -0.05) is 12.1 Å². The summed E-state index contributed by atoms with van der Waals surface area (Å²) in [7, 11) is -8.09. The molecule has 31 heavy (non-hydrogen) atoms. The quantitative estimate of drug-likeness (QED) is 0.693. The number of hydrogen-bond donors (Lipinski definition) is 1. The Morgan fingerprint density at radius 3 is 1.94 bits per heavy atom. The first-order chi connectivity index (χ1) is 14.8. The topological polar surface area (TPSA) is 122 Å². The van der Waals surface area contributed by atoms with E-state index in [9.17, 15) is 21.6 Å². The number of rotatable bonds is 4. The molecule has 2 aromatic rings. The first-order valence-corrected chi connectivity index (χ1v) is 12.8. The van der Waals surface area contributed by atoms with Crippen molar-refractivity contribution in [3.8, 4) is 0 Å². The standard InChI is InChI=1S/C19H21N3O7S2/c23-19-14-3-1-2-13-15(30(24,25)21-4-8-28-9-5-21)12-16(18(20-19)17(13)14)31(26,27)22-6-10-29-11-7-22/h1-3,12H,4-11H2,(H,20,23). The lowest BCUT2D eigenvalue weighted by Gasteiger charge is -2.28. The second-order valence-electron chi connectivity index (χ2n) is 7.46. The van der Waals surface area contributed by atoms with E-state index in [2.05, 4.69) is 5.32 Å². The molecule has 0 aromatic heterocycles. The zero-order chi connectivity index (χ0) is 21.8. The molecule has 0 radical (unpaired) electrons. The van der Waals surface area contributed by atoms with Crippen LogP contribution in [-0.2, 0) is 29.5 Å². The van der Waals surface area contributed by atoms with Gasteiger partial charge in [-0.3, -0.25) is 4.79 Å². The summed E-state index contributed by atoms with van der Waals surface area (Å²) in [6.07, 6.45) is 0. The van der Waals surface area contributed by atoms with Crippen LogP contribution in [0, 0.1) is 0 Å². The van der Waals surface area contributed by atoms with Gasteiger partial charge in [0.15, 0.2) is 0 Å². The second kappa shape index (κ2) is 7.50. The lowest BCUT2D eigenvalue weighted by molar-refractivity contribution is 0.0729. The van der Waals surface area contributed by atoms with Crippen molar-refractivity contribution in [3.63, 3.8) is 0 Å². The van der Waals surface area contributed by atoms with E-state index in [1.165, 1.54) is 14.7 Å². The number of hydrogen-bond acceptors (Lipinski definition) is 7. The van der Waals surface area contributed by atoms with E-state index >= 15 is 0 Å². The first kappa shape index (κ1) is 20.8. The van der Waals surface area contributed by atoms with Gasteiger partial charge in [0.1, 0.15) is 4.90 Å². The fraction of sp³-hybridized carbons (Fsp3) is 0.421. The molecule has 0 bridgehead atoms. The smallest absolute Gasteiger partial charge is 0.256 e. The van der Waals surface area contributed by atoms with Crippen LogP contribution in [0.4, 0.5) is 5.69 Å². The minimum Gasteiger partial charge on any atom is -0.379 e. The molecule has 2 saturated heterocycles. The number of amides is 1. The molecule has 0 unspecified atom stereocenters. The van der Waals surface area contributed by atoms with Gasteiger partial charge in [0.2, 0.25) is 20.0 Å². The molecule has 10 nitrogen and oxygen atoms in total. The lowest BCUT2D eigenvalue weighted by Crippen LogP contribution is -2.41. The van der Waals surface area contributed by atoms with E-state index in [0.29, 0.717) is 10.8 Å². The van der Waals surface area contributed by atoms with Crippen molar-refractivity contribution in [1.82, 2.24) is 8.61 Å². The summed E-state index contributed by atoms with van der Waals surface area (Å²) >= 11 is 0. The molecular formula is C19H21N3O7S2. The molecule has 3 aliphatic rings. The van der Waals surface area contributed by atoms with E-state index in [-0.39, 0.29) is 73.6 Å². The third kappa shape index (κ3) is 3.25. The van der Waals surface area contributed by atoms with Crippen LogP contribution in [-0.4, -0.2) is 84.0 Å². The average molecular weight is 468 g/mol. The molecule has 0 aliphatic carbocycles. The highest BCUT2D eigenvalue weighted by Crippen LogP contribution is 2.43. The van der Waals surface area contributed by atoms with Crippen LogP contribution in [0.15, 0.2) is 34.1 Å². The van der Waals surface area contributed by atoms with E-state index in [0.717, 1.165) is 0 Å². The third-order valence-electron chi connectivity index (χ3n) is 5.75. The molecule has 12 heteroatoms. The SMILES string of the molecule is O=C1Nc2c(S(=O)(=O)N3CCOCC3)cc(S(=O)(=O)N3CCOCC3)c3cccc1c23. The highest BCUT2D eigenvalue weighted by atomic mass is 32.2. The number of carbonyl (C=O) groups excluding carboxylic acids is 1. The average Bonchev–Trinajstić information content (AvgIpc) is 3.12. The molecule has 0 atom stereocenters. The Morgan fingerprint density at radius 1 is 0.806 bits per heavy atom. The molecule has 0 saturated carbocycles. The van der Waals surface area contributed by atoms with Crippen LogP contribution in [0.25, 0.3) is 10.8 Å². The maximum Gasteiger partial charge on any atom is 0.256 e. The third-order valence-corrected chi connectivity index (χ3v) is 9.61. The maximum absolute atomic E-state index is 13.5. The molecule has 2 fully saturated rings. The van der Waals surface area contributed by atoms with Crippen molar-refractivity contribution in [2.75, 3.05) is 57.9 Å². The minimum absolute atomic E-state index is 0.127. The van der Waals surface area contributed by atoms with Crippen molar-refractivity contribution in [2.45, 2.75) is 9.79 Å². The zero-order valence-corrected chi connectivity index (χ0v) is 18.2. The van der Waals surface area contributed by atoms with Gasteiger partial charge in [-0.2, -0.15) is 8.61 Å². The number of anilines is 1. The van der Waals surface area contributed by atoms with Gasteiger partial charge < -0.3 is 14.8 Å². The molecule has 0 spiro atoms. The Morgan fingerprint density at radius 2 is 1.35 bits per heavy atom. The number of carbonyl (C=O) groups is 1. The number of morpholine rings is 2. The molecule has 5 rings (SSSR count). The predicted molar refractivity (Wildman–Crippen MR) is 111 cm³/mol. The highest BCUT2D eigenvalue weighted by Gasteiger charge is 2.38. The van der Waals surface area contributed by atoms with Gasteiger partial charge in [-0.15, -0.1) is 0 Å². The number of sulfonamides is 2. The monoisotopic (exact) mass is 467 g/mol. The summed E-state index contributed by atoms with van der Waals surface area (Å²) in [5.74, 6) is -0.458. The van der Waals surface area contributed by atoms with Crippen molar-refractivity contribution in [1.29, 1.82) is 0 Å². The van der Waals surface area contributed by atoms with Crippen LogP contribution >= 0.6 is 0 Å². The lowest BCUT2D eigenvalue weighted by atomic mass is 10.1. The van der Waals surface area contributed by atoms with Gasteiger partial charge in [0, 0.05) is 42.5 Å². The molecule has 3 heterocycles. The van der Waals surface area contributed by atoms with E-state index in [1.807, 2.05) is 0 Å². The van der Waals surface area contributed by atoms with Crippen molar-refractivity contribution >= 4 is 42.4 Å². The Bertz CT molecular complexity index is 1280. The predicted octanol–water partition coefficient (Wildman–Crippen LogP) is 0.447. The van der Waals surface area contributed by atoms with Crippen molar-refractivity contribution < 1.29 is 31.1 Å². The van der Waals surface area contributed by atoms with Crippen LogP contribution in [0.3, 0.4) is 0 Å². The van der Waals surface area contributed by atoms with Gasteiger partial charge in [-0.05, 0) is 12.1 Å². The van der Waals surface area contributed by atoms with E-state index in [1.54, 1.807) is 18.2 Å². The van der Waals surface area contributed by atoms with Crippen LogP contribution in [0.5, 0.6) is 0 Å². The molecule has 166 valence electrons. The van der Waals surface area contributed by atoms with Crippen LogP contribution in [0.1, 0.15) is 10.4 Å². The normalized spacial score (nSPS) is 20.8. The first-order valence-electron chi connectivity index (χ1n) is 9.89. The number of ether oxygens (including phenoxy) is 2. The van der Waals surface area contributed by atoms with E-state index < -0.39 is 26.0 Å². The Kier molecular flexibility index (Phi) is 5.03. The van der Waals surface area contributed by atoms with Gasteiger partial charge >= 0.3 is 0 Å². The largest absolute Gasteiger partial charge is 0.379 e. The maximum atomic E-state index is 13.5. The molecule has 3 aliphatic heterocycles. The van der Waals surface area contributed by atoms with Gasteiger partial charge in [0.25, 0.3) is 5.91 Å². The minimum atomic E-state index is -4.07. The summed E-state index contributed by atoms with van der Waals surface area (Å²) in [5, 5.41) is 3.27. The zero-order valence-electron chi connectivity index (χ0n) is 16.5.